The van der Waals surface area contributed by atoms with Gasteiger partial charge in [0.25, 0.3) is 5.56 Å². The van der Waals surface area contributed by atoms with Crippen LogP contribution in [0, 0.1) is 6.92 Å². The van der Waals surface area contributed by atoms with Gasteiger partial charge in [0.1, 0.15) is 23.6 Å². The summed E-state index contributed by atoms with van der Waals surface area (Å²) < 4.78 is 1.52. The number of phenols is 1. The average molecular weight is 478 g/mol. The van der Waals surface area contributed by atoms with Gasteiger partial charge in [-0.15, -0.1) is 5.11 Å². The second-order valence-corrected chi connectivity index (χ2v) is 8.45. The molecular formula is C22H27N11O2. The first-order valence-corrected chi connectivity index (χ1v) is 11.1. The van der Waals surface area contributed by atoms with Crippen molar-refractivity contribution in [3.63, 3.8) is 0 Å². The van der Waals surface area contributed by atoms with Gasteiger partial charge in [0.15, 0.2) is 6.29 Å². The molecule has 9 N–H and O–H groups in total. The molecule has 182 valence electrons. The van der Waals surface area contributed by atoms with Gasteiger partial charge in [-0.05, 0) is 37.6 Å². The minimum Gasteiger partial charge on any atom is -0.508 e. The summed E-state index contributed by atoms with van der Waals surface area (Å²) in [5, 5.41) is 32.6. The largest absolute Gasteiger partial charge is 0.508 e. The fourth-order valence-electron chi connectivity index (χ4n) is 4.45. The molecular weight excluding hydrogens is 450 g/mol. The van der Waals surface area contributed by atoms with E-state index in [1.54, 1.807) is 23.2 Å². The van der Waals surface area contributed by atoms with Crippen molar-refractivity contribution in [2.45, 2.75) is 32.3 Å². The highest BCUT2D eigenvalue weighted by molar-refractivity contribution is 5.81. The van der Waals surface area contributed by atoms with Crippen LogP contribution in [0.3, 0.4) is 0 Å². The number of hydrogen-bond acceptors (Lipinski definition) is 11. The topological polar surface area (TPSA) is 183 Å². The summed E-state index contributed by atoms with van der Waals surface area (Å²) >= 11 is 0. The van der Waals surface area contributed by atoms with Crippen LogP contribution in [-0.2, 0) is 0 Å². The van der Waals surface area contributed by atoms with Crippen LogP contribution in [0.5, 0.6) is 5.75 Å². The number of hydrogen-bond donors (Lipinski definition) is 7. The number of nitrogens with zero attached hydrogens (tertiary/aromatic N) is 5. The molecule has 1 aromatic heterocycles. The van der Waals surface area contributed by atoms with Gasteiger partial charge in [-0.3, -0.25) is 20.5 Å². The van der Waals surface area contributed by atoms with Gasteiger partial charge in [0.2, 0.25) is 0 Å². The molecule has 0 saturated carbocycles. The summed E-state index contributed by atoms with van der Waals surface area (Å²) in [6, 6.07) is 11.6. The lowest BCUT2D eigenvalue weighted by molar-refractivity contribution is 0.201. The van der Waals surface area contributed by atoms with Crippen molar-refractivity contribution in [1.29, 1.82) is 0 Å². The van der Waals surface area contributed by atoms with E-state index in [1.807, 2.05) is 32.0 Å². The highest BCUT2D eigenvalue weighted by atomic mass is 16.3. The van der Waals surface area contributed by atoms with Crippen molar-refractivity contribution in [2.75, 3.05) is 6.67 Å². The number of aromatic hydroxyl groups is 1. The number of benzene rings is 2. The molecule has 13 nitrogen and oxygen atoms in total. The second kappa shape index (κ2) is 8.87. The Balaban J connectivity index is 1.63. The molecule has 3 aromatic rings. The molecule has 13 heteroatoms. The number of nitrogens with two attached hydrogens (primary N) is 2. The second-order valence-electron chi connectivity index (χ2n) is 8.45. The Kier molecular flexibility index (Phi) is 5.72. The minimum atomic E-state index is -0.616. The zero-order valence-corrected chi connectivity index (χ0v) is 19.2. The molecule has 0 bridgehead atoms. The Hall–Kier alpha value is -4.20. The van der Waals surface area contributed by atoms with Gasteiger partial charge in [-0.1, -0.05) is 23.4 Å². The van der Waals surface area contributed by atoms with Crippen LogP contribution in [0.4, 0.5) is 0 Å². The number of aromatic nitrogens is 2. The van der Waals surface area contributed by atoms with Gasteiger partial charge in [0, 0.05) is 6.07 Å². The summed E-state index contributed by atoms with van der Waals surface area (Å²) in [6.07, 6.45) is -0.961. The molecule has 5 rings (SSSR count). The quantitative estimate of drug-likeness (QED) is 0.151. The summed E-state index contributed by atoms with van der Waals surface area (Å²) in [5.74, 6) is 12.5. The van der Waals surface area contributed by atoms with Crippen LogP contribution in [0.2, 0.25) is 0 Å². The van der Waals surface area contributed by atoms with Gasteiger partial charge in [-0.25, -0.2) is 9.99 Å². The lowest BCUT2D eigenvalue weighted by Crippen LogP contribution is -2.59. The number of rotatable bonds is 5. The van der Waals surface area contributed by atoms with Gasteiger partial charge in [-0.2, -0.15) is 0 Å². The van der Waals surface area contributed by atoms with Crippen molar-refractivity contribution >= 4 is 10.9 Å². The molecule has 2 aliphatic heterocycles. The van der Waals surface area contributed by atoms with E-state index >= 15 is 0 Å². The van der Waals surface area contributed by atoms with Crippen molar-refractivity contribution in [2.24, 2.45) is 22.0 Å². The lowest BCUT2D eigenvalue weighted by atomic mass is 10.1. The monoisotopic (exact) mass is 477 g/mol. The van der Waals surface area contributed by atoms with Crippen molar-refractivity contribution in [1.82, 2.24) is 35.8 Å². The standard InChI is InChI=1S/C22H27N11O2/c1-11-5-3-8-15-16(11)21(35)33(13-6-4-7-14(34)9-13)19(27-15)12(2)26-18-17-20(32(24)10-25-17)29-22(28-18)30-31-23/h3-9,12,20,22,25-26,28-29,34H,10,24H2,1-2H3,(H2,23,30). The molecule has 3 unspecified atom stereocenters. The molecule has 2 aliphatic rings. The van der Waals surface area contributed by atoms with Crippen molar-refractivity contribution < 1.29 is 5.11 Å². The normalized spacial score (nSPS) is 21.1. The van der Waals surface area contributed by atoms with Crippen LogP contribution in [0.25, 0.3) is 16.6 Å². The molecule has 1 saturated heterocycles. The number of aryl methyl sites for hydroxylation is 1. The van der Waals surface area contributed by atoms with E-state index in [0.717, 1.165) is 11.3 Å². The van der Waals surface area contributed by atoms with E-state index < -0.39 is 12.3 Å². The maximum absolute atomic E-state index is 13.7. The molecule has 35 heavy (non-hydrogen) atoms. The smallest absolute Gasteiger partial charge is 0.266 e. The zero-order valence-electron chi connectivity index (χ0n) is 19.2. The fraction of sp³-hybridized carbons (Fsp3) is 0.273. The molecule has 0 radical (unpaired) electrons. The summed E-state index contributed by atoms with van der Waals surface area (Å²) in [4.78, 5) is 18.6. The Morgan fingerprint density at radius 1 is 1.29 bits per heavy atom. The number of fused-ring (bicyclic) bond motifs is 2. The number of phenolic OH excluding ortho intramolecular Hbond substituents is 1. The first-order chi connectivity index (χ1) is 16.9. The van der Waals surface area contributed by atoms with Gasteiger partial charge in [0.05, 0.1) is 35.0 Å². The maximum atomic E-state index is 13.7. The number of nitrogens with one attached hydrogen (secondary N) is 4. The van der Waals surface area contributed by atoms with Crippen LogP contribution >= 0.6 is 0 Å². The predicted molar refractivity (Wildman–Crippen MR) is 129 cm³/mol. The fourth-order valence-corrected chi connectivity index (χ4v) is 4.45. The summed E-state index contributed by atoms with van der Waals surface area (Å²) in [7, 11) is 0. The molecule has 1 fully saturated rings. The van der Waals surface area contributed by atoms with E-state index in [-0.39, 0.29) is 17.5 Å². The SMILES string of the molecule is Cc1cccc2nc(C(C)NC3=C4NCN(N)C4NC(N=NN)N3)n(-c3cccc(O)c3)c(=O)c12. The molecule has 3 atom stereocenters. The van der Waals surface area contributed by atoms with E-state index in [0.29, 0.717) is 34.9 Å². The van der Waals surface area contributed by atoms with E-state index in [4.69, 9.17) is 16.7 Å². The lowest BCUT2D eigenvalue weighted by Gasteiger charge is -2.33. The molecule has 0 amide bonds. The Bertz CT molecular complexity index is 1400. The molecule has 3 heterocycles. The van der Waals surface area contributed by atoms with Crippen molar-refractivity contribution in [3.05, 3.63) is 75.7 Å². The van der Waals surface area contributed by atoms with E-state index in [9.17, 15) is 9.90 Å². The van der Waals surface area contributed by atoms with Gasteiger partial charge < -0.3 is 26.9 Å². The molecule has 0 aliphatic carbocycles. The van der Waals surface area contributed by atoms with Crippen molar-refractivity contribution in [3.8, 4) is 11.4 Å². The Morgan fingerprint density at radius 2 is 2.09 bits per heavy atom. The van der Waals surface area contributed by atoms with Crippen LogP contribution in [-0.4, -0.2) is 38.8 Å². The van der Waals surface area contributed by atoms with E-state index in [1.165, 1.54) is 10.6 Å². The average Bonchev–Trinajstić information content (AvgIpc) is 3.20. The summed E-state index contributed by atoms with van der Waals surface area (Å²) in [6.45, 7) is 4.19. The Labute approximate surface area is 200 Å². The van der Waals surface area contributed by atoms with Crippen LogP contribution < -0.4 is 38.5 Å². The first-order valence-electron chi connectivity index (χ1n) is 11.1. The predicted octanol–water partition coefficient (Wildman–Crippen LogP) is 0.0842. The molecule has 2 aromatic carbocycles. The number of hydrazine groups is 1. The third-order valence-electron chi connectivity index (χ3n) is 6.07. The minimum absolute atomic E-state index is 0.0480. The van der Waals surface area contributed by atoms with Gasteiger partial charge >= 0.3 is 0 Å². The maximum Gasteiger partial charge on any atom is 0.266 e. The highest BCUT2D eigenvalue weighted by Crippen LogP contribution is 2.24. The van der Waals surface area contributed by atoms with Crippen LogP contribution in [0.15, 0.2) is 69.1 Å². The third kappa shape index (κ3) is 4.01. The highest BCUT2D eigenvalue weighted by Gasteiger charge is 2.36. The van der Waals surface area contributed by atoms with Crippen LogP contribution in [0.1, 0.15) is 24.4 Å². The summed E-state index contributed by atoms with van der Waals surface area (Å²) in [5.41, 5.74) is 2.48. The molecule has 0 spiro atoms. The third-order valence-corrected chi connectivity index (χ3v) is 6.07. The first kappa shape index (κ1) is 22.6. The zero-order chi connectivity index (χ0) is 24.7. The Morgan fingerprint density at radius 3 is 2.86 bits per heavy atom. The van der Waals surface area contributed by atoms with E-state index in [2.05, 4.69) is 31.6 Å².